The number of rotatable bonds is 3. The van der Waals surface area contributed by atoms with E-state index in [-0.39, 0.29) is 18.5 Å². The van der Waals surface area contributed by atoms with Gasteiger partial charge in [0.2, 0.25) is 5.91 Å². The van der Waals surface area contributed by atoms with Crippen LogP contribution in [0, 0.1) is 6.92 Å². The normalized spacial score (nSPS) is 18.8. The van der Waals surface area contributed by atoms with Crippen LogP contribution in [0.2, 0.25) is 0 Å². The van der Waals surface area contributed by atoms with E-state index in [1.54, 1.807) is 11.1 Å². The first-order chi connectivity index (χ1) is 11.3. The summed E-state index contributed by atoms with van der Waals surface area (Å²) in [5, 5.41) is 7.71. The van der Waals surface area contributed by atoms with Gasteiger partial charge in [0.1, 0.15) is 6.54 Å². The molecule has 24 heavy (non-hydrogen) atoms. The third-order valence-corrected chi connectivity index (χ3v) is 4.08. The third kappa shape index (κ3) is 3.60. The number of carbonyl (C=O) groups is 1. The number of aryl methyl sites for hydroxylation is 1. The minimum absolute atomic E-state index is 0.0970. The number of hydrogen-bond donors (Lipinski definition) is 0. The Morgan fingerprint density at radius 2 is 2.21 bits per heavy atom. The van der Waals surface area contributed by atoms with Crippen LogP contribution in [-0.2, 0) is 17.5 Å². The molecule has 2 aromatic heterocycles. The Morgan fingerprint density at radius 3 is 2.83 bits per heavy atom. The van der Waals surface area contributed by atoms with Crippen LogP contribution in [0.4, 0.5) is 13.2 Å². The van der Waals surface area contributed by atoms with Gasteiger partial charge in [-0.05, 0) is 31.4 Å². The molecule has 1 aliphatic heterocycles. The van der Waals surface area contributed by atoms with Crippen molar-refractivity contribution < 1.29 is 18.0 Å². The van der Waals surface area contributed by atoms with Crippen molar-refractivity contribution in [1.82, 2.24) is 24.5 Å². The minimum atomic E-state index is -4.50. The van der Waals surface area contributed by atoms with E-state index in [1.807, 2.05) is 17.8 Å². The third-order valence-electron chi connectivity index (χ3n) is 4.08. The zero-order chi connectivity index (χ0) is 17.3. The van der Waals surface area contributed by atoms with E-state index in [0.29, 0.717) is 13.1 Å². The molecule has 9 heteroatoms. The van der Waals surface area contributed by atoms with Gasteiger partial charge in [0, 0.05) is 25.5 Å². The fourth-order valence-corrected chi connectivity index (χ4v) is 2.87. The highest BCUT2D eigenvalue weighted by molar-refractivity contribution is 5.76. The van der Waals surface area contributed by atoms with Gasteiger partial charge in [0.25, 0.3) is 0 Å². The average molecular weight is 341 g/mol. The smallest absolute Gasteiger partial charge is 0.339 e. The molecule has 130 valence electrons. The highest BCUT2D eigenvalue weighted by atomic mass is 19.4. The van der Waals surface area contributed by atoms with Crippen LogP contribution in [0.15, 0.2) is 24.7 Å². The number of nitrogens with zero attached hydrogens (tertiary/aromatic N) is 5. The molecule has 0 aromatic carbocycles. The highest BCUT2D eigenvalue weighted by Crippen LogP contribution is 2.27. The van der Waals surface area contributed by atoms with Gasteiger partial charge in [-0.3, -0.25) is 14.2 Å². The number of aromatic nitrogens is 4. The van der Waals surface area contributed by atoms with E-state index in [4.69, 9.17) is 0 Å². The molecule has 0 spiro atoms. The molecule has 0 saturated carbocycles. The summed E-state index contributed by atoms with van der Waals surface area (Å²) in [5.74, 6) is -0.236. The van der Waals surface area contributed by atoms with Crippen molar-refractivity contribution in [2.45, 2.75) is 38.5 Å². The molecule has 0 aliphatic carbocycles. The number of alkyl halides is 3. The molecule has 0 radical (unpaired) electrons. The lowest BCUT2D eigenvalue weighted by Crippen LogP contribution is -2.42. The van der Waals surface area contributed by atoms with Crippen LogP contribution >= 0.6 is 0 Å². The summed E-state index contributed by atoms with van der Waals surface area (Å²) < 4.78 is 40.5. The number of amides is 1. The number of halogens is 3. The van der Waals surface area contributed by atoms with E-state index in [9.17, 15) is 18.0 Å². The number of hydrogen-bond acceptors (Lipinski definition) is 3. The van der Waals surface area contributed by atoms with E-state index in [2.05, 4.69) is 10.2 Å². The lowest BCUT2D eigenvalue weighted by molar-refractivity contribution is -0.142. The van der Waals surface area contributed by atoms with Crippen LogP contribution in [0.3, 0.4) is 0 Å². The van der Waals surface area contributed by atoms with E-state index >= 15 is 0 Å². The first kappa shape index (κ1) is 16.5. The lowest BCUT2D eigenvalue weighted by atomic mass is 10.1. The molecule has 3 heterocycles. The fourth-order valence-electron chi connectivity index (χ4n) is 2.87. The highest BCUT2D eigenvalue weighted by Gasteiger charge is 2.34. The van der Waals surface area contributed by atoms with Crippen molar-refractivity contribution in [2.75, 3.05) is 13.1 Å². The van der Waals surface area contributed by atoms with Gasteiger partial charge < -0.3 is 4.90 Å². The van der Waals surface area contributed by atoms with E-state index in [0.717, 1.165) is 29.2 Å². The Bertz CT molecular complexity index is 721. The molecule has 0 bridgehead atoms. The Kier molecular flexibility index (Phi) is 4.33. The molecule has 2 aromatic rings. The maximum Gasteiger partial charge on any atom is 0.435 e. The molecule has 1 fully saturated rings. The number of piperidine rings is 1. The van der Waals surface area contributed by atoms with Crippen LogP contribution in [0.25, 0.3) is 0 Å². The second-order valence-electron chi connectivity index (χ2n) is 6.03. The molecular formula is C15H18F3N5O. The fraction of sp³-hybridized carbons (Fsp3) is 0.533. The van der Waals surface area contributed by atoms with Gasteiger partial charge in [-0.25, -0.2) is 0 Å². The lowest BCUT2D eigenvalue weighted by Gasteiger charge is -2.32. The molecule has 6 nitrogen and oxygen atoms in total. The largest absolute Gasteiger partial charge is 0.435 e. The maximum atomic E-state index is 12.6. The van der Waals surface area contributed by atoms with Crippen molar-refractivity contribution in [1.29, 1.82) is 0 Å². The predicted molar refractivity (Wildman–Crippen MR) is 79.0 cm³/mol. The van der Waals surface area contributed by atoms with Crippen LogP contribution < -0.4 is 0 Å². The van der Waals surface area contributed by atoms with Crippen molar-refractivity contribution in [3.8, 4) is 0 Å². The van der Waals surface area contributed by atoms with Gasteiger partial charge in [0.15, 0.2) is 5.69 Å². The molecular weight excluding hydrogens is 323 g/mol. The molecule has 3 rings (SSSR count). The summed E-state index contributed by atoms with van der Waals surface area (Å²) in [6.07, 6.45) is 2.14. The topological polar surface area (TPSA) is 56.0 Å². The summed E-state index contributed by atoms with van der Waals surface area (Å²) in [5.41, 5.74) is 0.0634. The van der Waals surface area contributed by atoms with E-state index < -0.39 is 11.9 Å². The molecule has 1 atom stereocenters. The molecule has 1 amide bonds. The first-order valence-corrected chi connectivity index (χ1v) is 7.72. The monoisotopic (exact) mass is 341 g/mol. The summed E-state index contributed by atoms with van der Waals surface area (Å²) in [4.78, 5) is 14.0. The van der Waals surface area contributed by atoms with Crippen molar-refractivity contribution >= 4 is 5.91 Å². The Hall–Kier alpha value is -2.32. The SMILES string of the molecule is Cc1cnn([C@@H]2CCCN(C(=O)Cn3ccc(C(F)(F)F)n3)C2)c1. The van der Waals surface area contributed by atoms with Crippen LogP contribution in [-0.4, -0.2) is 43.5 Å². The van der Waals surface area contributed by atoms with Crippen molar-refractivity contribution in [2.24, 2.45) is 0 Å². The quantitative estimate of drug-likeness (QED) is 0.861. The zero-order valence-electron chi connectivity index (χ0n) is 13.2. The summed E-state index contributed by atoms with van der Waals surface area (Å²) >= 11 is 0. The number of carbonyl (C=O) groups excluding carboxylic acids is 1. The van der Waals surface area contributed by atoms with Gasteiger partial charge in [0.05, 0.1) is 12.2 Å². The van der Waals surface area contributed by atoms with Crippen molar-refractivity contribution in [3.63, 3.8) is 0 Å². The molecule has 0 N–H and O–H groups in total. The van der Waals surface area contributed by atoms with Crippen molar-refractivity contribution in [3.05, 3.63) is 35.9 Å². The van der Waals surface area contributed by atoms with Gasteiger partial charge >= 0.3 is 6.18 Å². The van der Waals surface area contributed by atoms with Crippen LogP contribution in [0.1, 0.15) is 30.1 Å². The standard InChI is InChI=1S/C15H18F3N5O/c1-11-7-19-23(8-11)12-3-2-5-21(9-12)14(24)10-22-6-4-13(20-22)15(16,17)18/h4,6-8,12H,2-3,5,9-10H2,1H3/t12-/m1/s1. The van der Waals surface area contributed by atoms with Gasteiger partial charge in [-0.1, -0.05) is 0 Å². The van der Waals surface area contributed by atoms with Gasteiger partial charge in [-0.15, -0.1) is 0 Å². The average Bonchev–Trinajstić information content (AvgIpc) is 3.16. The predicted octanol–water partition coefficient (Wildman–Crippen LogP) is 2.27. The first-order valence-electron chi connectivity index (χ1n) is 7.72. The summed E-state index contributed by atoms with van der Waals surface area (Å²) in [7, 11) is 0. The molecule has 1 saturated heterocycles. The zero-order valence-corrected chi connectivity index (χ0v) is 13.2. The Balaban J connectivity index is 1.63. The second-order valence-corrected chi connectivity index (χ2v) is 6.03. The molecule has 1 aliphatic rings. The van der Waals surface area contributed by atoms with Crippen LogP contribution in [0.5, 0.6) is 0 Å². The summed E-state index contributed by atoms with van der Waals surface area (Å²) in [6, 6.07) is 0.971. The molecule has 0 unspecified atom stereocenters. The Morgan fingerprint density at radius 1 is 1.42 bits per heavy atom. The minimum Gasteiger partial charge on any atom is -0.339 e. The second kappa shape index (κ2) is 6.29. The van der Waals surface area contributed by atoms with Gasteiger partial charge in [-0.2, -0.15) is 23.4 Å². The maximum absolute atomic E-state index is 12.6. The summed E-state index contributed by atoms with van der Waals surface area (Å²) in [6.45, 7) is 2.86. The number of likely N-dealkylation sites (tertiary alicyclic amines) is 1. The Labute approximate surface area is 136 Å². The van der Waals surface area contributed by atoms with E-state index in [1.165, 1.54) is 6.20 Å².